The second-order valence-electron chi connectivity index (χ2n) is 3.71. The molecule has 5 nitrogen and oxygen atoms in total. The molecule has 0 aliphatic rings. The van der Waals surface area contributed by atoms with E-state index in [4.69, 9.17) is 5.11 Å². The van der Waals surface area contributed by atoms with Crippen LogP contribution in [0.25, 0.3) is 0 Å². The number of aliphatic hydroxyl groups excluding tert-OH is 1. The maximum Gasteiger partial charge on any atom is 0.269 e. The molecule has 0 saturated carbocycles. The minimum absolute atomic E-state index is 0.00697. The number of anilines is 1. The van der Waals surface area contributed by atoms with Crippen LogP contribution in [0.15, 0.2) is 24.3 Å². The first kappa shape index (κ1) is 12.7. The lowest BCUT2D eigenvalue weighted by Gasteiger charge is -2.04. The van der Waals surface area contributed by atoms with Gasteiger partial charge in [0, 0.05) is 5.69 Å². The highest BCUT2D eigenvalue weighted by molar-refractivity contribution is 7.08. The molecule has 6 heteroatoms. The quantitative estimate of drug-likeness (QED) is 0.882. The van der Waals surface area contributed by atoms with Crippen LogP contribution in [0.3, 0.4) is 0 Å². The van der Waals surface area contributed by atoms with E-state index in [1.807, 2.05) is 6.92 Å². The number of aliphatic hydroxyl groups is 1. The highest BCUT2D eigenvalue weighted by Crippen LogP contribution is 2.15. The van der Waals surface area contributed by atoms with Gasteiger partial charge in [-0.05, 0) is 35.6 Å². The monoisotopic (exact) mass is 263 g/mol. The Bertz CT molecular complexity index is 537. The molecule has 18 heavy (non-hydrogen) atoms. The largest absolute Gasteiger partial charge is 0.392 e. The second kappa shape index (κ2) is 5.70. The van der Waals surface area contributed by atoms with Crippen molar-refractivity contribution in [3.63, 3.8) is 0 Å². The van der Waals surface area contributed by atoms with Crippen molar-refractivity contribution in [1.29, 1.82) is 0 Å². The molecule has 0 fully saturated rings. The van der Waals surface area contributed by atoms with E-state index in [0.717, 1.165) is 17.1 Å². The summed E-state index contributed by atoms with van der Waals surface area (Å²) in [5, 5.41) is 15.6. The molecule has 94 valence electrons. The molecule has 2 N–H and O–H groups in total. The Balaban J connectivity index is 2.11. The van der Waals surface area contributed by atoms with E-state index in [2.05, 4.69) is 14.9 Å². The fraction of sp³-hybridized carbons (Fsp3) is 0.250. The summed E-state index contributed by atoms with van der Waals surface area (Å²) in [5.74, 6) is -0.196. The molecule has 2 rings (SSSR count). The first-order chi connectivity index (χ1) is 8.74. The van der Waals surface area contributed by atoms with Gasteiger partial charge in [0.05, 0.1) is 12.3 Å². The van der Waals surface area contributed by atoms with Crippen molar-refractivity contribution in [2.24, 2.45) is 0 Å². The number of amides is 1. The van der Waals surface area contributed by atoms with Crippen LogP contribution in [0.1, 0.15) is 27.9 Å². The van der Waals surface area contributed by atoms with Crippen LogP contribution < -0.4 is 5.32 Å². The number of nitrogens with zero attached hydrogens (tertiary/aromatic N) is 2. The first-order valence-electron chi connectivity index (χ1n) is 5.57. The first-order valence-corrected chi connectivity index (χ1v) is 6.34. The summed E-state index contributed by atoms with van der Waals surface area (Å²) in [4.78, 5) is 12.5. The molecule has 0 bridgehead atoms. The average Bonchev–Trinajstić information content (AvgIpc) is 2.88. The molecule has 1 amide bonds. The molecule has 0 radical (unpaired) electrons. The van der Waals surface area contributed by atoms with Gasteiger partial charge in [-0.3, -0.25) is 4.79 Å². The van der Waals surface area contributed by atoms with E-state index >= 15 is 0 Å². The number of carbonyl (C=O) groups excluding carboxylic acids is 1. The van der Waals surface area contributed by atoms with Crippen LogP contribution in [0.5, 0.6) is 0 Å². The molecular weight excluding hydrogens is 250 g/mol. The maximum absolute atomic E-state index is 12.0. The third kappa shape index (κ3) is 2.72. The minimum Gasteiger partial charge on any atom is -0.392 e. The molecule has 1 heterocycles. The number of aryl methyl sites for hydroxylation is 1. The van der Waals surface area contributed by atoms with Gasteiger partial charge in [-0.2, -0.15) is 0 Å². The van der Waals surface area contributed by atoms with Crippen molar-refractivity contribution >= 4 is 23.1 Å². The van der Waals surface area contributed by atoms with Crippen LogP contribution in [0, 0.1) is 0 Å². The molecule has 2 aromatic rings. The summed E-state index contributed by atoms with van der Waals surface area (Å²) >= 11 is 1.10. The summed E-state index contributed by atoms with van der Waals surface area (Å²) in [6, 6.07) is 7.04. The van der Waals surface area contributed by atoms with Gasteiger partial charge >= 0.3 is 0 Å². The van der Waals surface area contributed by atoms with E-state index in [9.17, 15) is 4.79 Å². The normalized spacial score (nSPS) is 10.3. The molecule has 1 aromatic carbocycles. The summed E-state index contributed by atoms with van der Waals surface area (Å²) in [7, 11) is 0. The number of carbonyl (C=O) groups is 1. The Hall–Kier alpha value is -1.79. The predicted octanol–water partition coefficient (Wildman–Crippen LogP) is 1.85. The summed E-state index contributed by atoms with van der Waals surface area (Å²) in [6.07, 6.45) is 0.683. The Labute approximate surface area is 109 Å². The molecule has 1 aromatic heterocycles. The van der Waals surface area contributed by atoms with Gasteiger partial charge in [0.1, 0.15) is 4.88 Å². The van der Waals surface area contributed by atoms with E-state index in [0.29, 0.717) is 22.7 Å². The van der Waals surface area contributed by atoms with Crippen LogP contribution in [0.4, 0.5) is 5.69 Å². The number of aromatic nitrogens is 2. The average molecular weight is 263 g/mol. The summed E-state index contributed by atoms with van der Waals surface area (Å²) in [5.41, 5.74) is 2.21. The fourth-order valence-corrected chi connectivity index (χ4v) is 2.14. The number of nitrogens with one attached hydrogen (secondary N) is 1. The zero-order valence-electron chi connectivity index (χ0n) is 9.88. The molecule has 0 aliphatic heterocycles. The van der Waals surface area contributed by atoms with Crippen LogP contribution in [-0.2, 0) is 13.0 Å². The van der Waals surface area contributed by atoms with Crippen molar-refractivity contribution < 1.29 is 9.90 Å². The third-order valence-electron chi connectivity index (χ3n) is 2.49. The van der Waals surface area contributed by atoms with Crippen molar-refractivity contribution in [2.45, 2.75) is 20.0 Å². The van der Waals surface area contributed by atoms with Gasteiger partial charge in [-0.1, -0.05) is 23.5 Å². The Kier molecular flexibility index (Phi) is 4.01. The lowest BCUT2D eigenvalue weighted by Crippen LogP contribution is -2.12. The second-order valence-corrected chi connectivity index (χ2v) is 4.47. The Morgan fingerprint density at radius 1 is 1.39 bits per heavy atom. The molecule has 0 atom stereocenters. The predicted molar refractivity (Wildman–Crippen MR) is 69.6 cm³/mol. The maximum atomic E-state index is 12.0. The zero-order valence-corrected chi connectivity index (χ0v) is 10.7. The number of rotatable bonds is 4. The van der Waals surface area contributed by atoms with Crippen LogP contribution >= 0.6 is 11.5 Å². The lowest BCUT2D eigenvalue weighted by molar-refractivity contribution is 0.102. The van der Waals surface area contributed by atoms with Crippen molar-refractivity contribution in [2.75, 3.05) is 5.32 Å². The van der Waals surface area contributed by atoms with Crippen LogP contribution in [0.2, 0.25) is 0 Å². The van der Waals surface area contributed by atoms with Crippen molar-refractivity contribution in [1.82, 2.24) is 9.59 Å². The van der Waals surface area contributed by atoms with Gasteiger partial charge < -0.3 is 10.4 Å². The van der Waals surface area contributed by atoms with E-state index in [1.165, 1.54) is 0 Å². The molecule has 0 saturated heterocycles. The summed E-state index contributed by atoms with van der Waals surface area (Å²) in [6.45, 7) is 1.93. The fourth-order valence-electron chi connectivity index (χ4n) is 1.49. The highest BCUT2D eigenvalue weighted by atomic mass is 32.1. The highest BCUT2D eigenvalue weighted by Gasteiger charge is 2.14. The molecule has 0 unspecified atom stereocenters. The van der Waals surface area contributed by atoms with Crippen molar-refractivity contribution in [3.8, 4) is 0 Å². The number of benzene rings is 1. The minimum atomic E-state index is -0.196. The standard InChI is InChI=1S/C12H13N3O2S/c1-2-10-11(18-15-14-10)12(17)13-9-5-3-8(7-16)4-6-9/h3-6,16H,2,7H2,1H3,(H,13,17). The van der Waals surface area contributed by atoms with E-state index < -0.39 is 0 Å². The smallest absolute Gasteiger partial charge is 0.269 e. The van der Waals surface area contributed by atoms with Gasteiger partial charge in [-0.25, -0.2) is 0 Å². The number of hydrogen-bond acceptors (Lipinski definition) is 5. The van der Waals surface area contributed by atoms with Gasteiger partial charge in [0.25, 0.3) is 5.91 Å². The summed E-state index contributed by atoms with van der Waals surface area (Å²) < 4.78 is 3.78. The Morgan fingerprint density at radius 2 is 2.11 bits per heavy atom. The molecule has 0 aliphatic carbocycles. The third-order valence-corrected chi connectivity index (χ3v) is 3.26. The van der Waals surface area contributed by atoms with Crippen LogP contribution in [-0.4, -0.2) is 20.6 Å². The van der Waals surface area contributed by atoms with Crippen molar-refractivity contribution in [3.05, 3.63) is 40.4 Å². The zero-order chi connectivity index (χ0) is 13.0. The lowest BCUT2D eigenvalue weighted by atomic mass is 10.2. The van der Waals surface area contributed by atoms with E-state index in [-0.39, 0.29) is 12.5 Å². The van der Waals surface area contributed by atoms with Gasteiger partial charge in [-0.15, -0.1) is 5.10 Å². The Morgan fingerprint density at radius 3 is 2.72 bits per heavy atom. The topological polar surface area (TPSA) is 75.1 Å². The molecule has 0 spiro atoms. The SMILES string of the molecule is CCc1nnsc1C(=O)Nc1ccc(CO)cc1. The number of hydrogen-bond donors (Lipinski definition) is 2. The van der Waals surface area contributed by atoms with Gasteiger partial charge in [0.2, 0.25) is 0 Å². The van der Waals surface area contributed by atoms with E-state index in [1.54, 1.807) is 24.3 Å². The van der Waals surface area contributed by atoms with Gasteiger partial charge in [0.15, 0.2) is 0 Å². The molecular formula is C12H13N3O2S.